The number of fused-ring (bicyclic) bond motifs is 1. The zero-order chi connectivity index (χ0) is 20.5. The van der Waals surface area contributed by atoms with Crippen LogP contribution in [-0.2, 0) is 4.74 Å². The summed E-state index contributed by atoms with van der Waals surface area (Å²) in [5.74, 6) is 1.22. The second-order valence-corrected chi connectivity index (χ2v) is 8.20. The number of morpholine rings is 1. The maximum atomic E-state index is 13.6. The molecule has 154 valence electrons. The van der Waals surface area contributed by atoms with Gasteiger partial charge in [0.15, 0.2) is 5.76 Å². The molecule has 0 bridgehead atoms. The Labute approximate surface area is 176 Å². The van der Waals surface area contributed by atoms with E-state index in [4.69, 9.17) is 9.15 Å². The highest BCUT2D eigenvalue weighted by molar-refractivity contribution is 6.00. The number of aryl methyl sites for hydroxylation is 1. The van der Waals surface area contributed by atoms with Gasteiger partial charge in [0.25, 0.3) is 5.91 Å². The highest BCUT2D eigenvalue weighted by atomic mass is 16.5. The number of nitrogens with zero attached hydrogens (tertiary/aromatic N) is 2. The van der Waals surface area contributed by atoms with E-state index in [2.05, 4.69) is 11.9 Å². The molecule has 2 unspecified atom stereocenters. The summed E-state index contributed by atoms with van der Waals surface area (Å²) in [6.07, 6.45) is 6.27. The molecule has 0 radical (unpaired) electrons. The molecule has 1 aliphatic heterocycles. The van der Waals surface area contributed by atoms with Gasteiger partial charge in [0.2, 0.25) is 5.89 Å². The van der Waals surface area contributed by atoms with E-state index < -0.39 is 0 Å². The zero-order valence-electron chi connectivity index (χ0n) is 17.2. The molecule has 2 atom stereocenters. The number of aromatic nitrogens is 1. The van der Waals surface area contributed by atoms with Gasteiger partial charge in [0.05, 0.1) is 30.5 Å². The lowest BCUT2D eigenvalue weighted by Crippen LogP contribution is -2.54. The van der Waals surface area contributed by atoms with Crippen LogP contribution in [0.1, 0.15) is 41.6 Å². The first-order chi connectivity index (χ1) is 14.7. The van der Waals surface area contributed by atoms with Gasteiger partial charge in [-0.1, -0.05) is 54.8 Å². The minimum atomic E-state index is 0.0425. The highest BCUT2D eigenvalue weighted by Crippen LogP contribution is 2.33. The first kappa shape index (κ1) is 19.1. The number of carbonyl (C=O) groups is 1. The molecule has 2 aromatic carbocycles. The van der Waals surface area contributed by atoms with Crippen LogP contribution in [0, 0.1) is 6.92 Å². The van der Waals surface area contributed by atoms with Crippen LogP contribution in [0.3, 0.4) is 0 Å². The van der Waals surface area contributed by atoms with Crippen molar-refractivity contribution in [1.29, 1.82) is 0 Å². The van der Waals surface area contributed by atoms with E-state index in [0.717, 1.165) is 30.4 Å². The predicted octanol–water partition coefficient (Wildman–Crippen LogP) is 5.10. The second kappa shape index (κ2) is 8.07. The maximum absolute atomic E-state index is 13.6. The van der Waals surface area contributed by atoms with Gasteiger partial charge in [0.1, 0.15) is 0 Å². The molecule has 30 heavy (non-hydrogen) atoms. The minimum absolute atomic E-state index is 0.0425. The Balaban J connectivity index is 1.46. The van der Waals surface area contributed by atoms with Crippen LogP contribution in [0.25, 0.3) is 22.8 Å². The van der Waals surface area contributed by atoms with Crippen molar-refractivity contribution >= 4 is 5.91 Å². The van der Waals surface area contributed by atoms with Gasteiger partial charge in [-0.15, -0.1) is 0 Å². The number of benzene rings is 2. The van der Waals surface area contributed by atoms with E-state index in [1.54, 1.807) is 6.20 Å². The lowest BCUT2D eigenvalue weighted by atomic mass is 9.89. The van der Waals surface area contributed by atoms with Crippen molar-refractivity contribution in [3.63, 3.8) is 0 Å². The molecule has 1 saturated carbocycles. The van der Waals surface area contributed by atoms with Crippen molar-refractivity contribution in [2.45, 2.75) is 44.8 Å². The first-order valence-electron chi connectivity index (χ1n) is 10.8. The van der Waals surface area contributed by atoms with Crippen molar-refractivity contribution in [1.82, 2.24) is 9.88 Å². The molecular weight excluding hydrogens is 376 g/mol. The van der Waals surface area contributed by atoms with Gasteiger partial charge in [0, 0.05) is 17.7 Å². The average Bonchev–Trinajstić information content (AvgIpc) is 3.29. The van der Waals surface area contributed by atoms with Gasteiger partial charge in [-0.3, -0.25) is 4.79 Å². The van der Waals surface area contributed by atoms with Crippen LogP contribution >= 0.6 is 0 Å². The van der Waals surface area contributed by atoms with Crippen molar-refractivity contribution in [3.8, 4) is 22.8 Å². The Morgan fingerprint density at radius 1 is 1.07 bits per heavy atom. The van der Waals surface area contributed by atoms with E-state index in [0.29, 0.717) is 30.4 Å². The van der Waals surface area contributed by atoms with Crippen LogP contribution in [-0.4, -0.2) is 41.1 Å². The normalized spacial score (nSPS) is 21.3. The number of rotatable bonds is 3. The third-order valence-corrected chi connectivity index (χ3v) is 6.22. The third kappa shape index (κ3) is 3.54. The fraction of sp³-hybridized carbons (Fsp3) is 0.360. The summed E-state index contributed by atoms with van der Waals surface area (Å²) in [4.78, 5) is 20.1. The molecule has 1 amide bonds. The summed E-state index contributed by atoms with van der Waals surface area (Å²) in [5.41, 5.74) is 3.54. The molecule has 2 heterocycles. The van der Waals surface area contributed by atoms with Crippen molar-refractivity contribution in [2.75, 3.05) is 13.2 Å². The molecule has 5 nitrogen and oxygen atoms in total. The number of ether oxygens (including phenoxy) is 1. The van der Waals surface area contributed by atoms with Crippen LogP contribution in [0.4, 0.5) is 0 Å². The molecule has 0 spiro atoms. The fourth-order valence-electron chi connectivity index (χ4n) is 4.61. The molecule has 5 rings (SSSR count). The topological polar surface area (TPSA) is 55.6 Å². The Bertz CT molecular complexity index is 1040. The molecule has 1 aliphatic carbocycles. The Morgan fingerprint density at radius 3 is 2.73 bits per heavy atom. The van der Waals surface area contributed by atoms with Crippen LogP contribution in [0.15, 0.2) is 59.1 Å². The predicted molar refractivity (Wildman–Crippen MR) is 115 cm³/mol. The van der Waals surface area contributed by atoms with Gasteiger partial charge in [-0.25, -0.2) is 4.98 Å². The molecule has 1 saturated heterocycles. The molecule has 3 aromatic rings. The summed E-state index contributed by atoms with van der Waals surface area (Å²) in [6.45, 7) is 3.29. The zero-order valence-corrected chi connectivity index (χ0v) is 17.2. The van der Waals surface area contributed by atoms with Crippen molar-refractivity contribution in [3.05, 3.63) is 65.9 Å². The van der Waals surface area contributed by atoms with Crippen LogP contribution in [0.5, 0.6) is 0 Å². The Hall–Kier alpha value is -2.92. The number of amides is 1. The van der Waals surface area contributed by atoms with E-state index in [-0.39, 0.29) is 18.1 Å². The monoisotopic (exact) mass is 402 g/mol. The molecule has 2 aliphatic rings. The molecule has 1 aromatic heterocycles. The molecule has 5 heteroatoms. The lowest BCUT2D eigenvalue weighted by Gasteiger charge is -2.43. The Kier molecular flexibility index (Phi) is 5.13. The number of oxazole rings is 1. The quantitative estimate of drug-likeness (QED) is 0.612. The lowest BCUT2D eigenvalue weighted by molar-refractivity contribution is -0.0752. The highest BCUT2D eigenvalue weighted by Gasteiger charge is 2.37. The van der Waals surface area contributed by atoms with E-state index in [1.165, 1.54) is 12.0 Å². The van der Waals surface area contributed by atoms with Crippen LogP contribution in [0.2, 0.25) is 0 Å². The largest absolute Gasteiger partial charge is 0.436 e. The minimum Gasteiger partial charge on any atom is -0.436 e. The number of hydrogen-bond acceptors (Lipinski definition) is 4. The molecule has 0 N–H and O–H groups in total. The van der Waals surface area contributed by atoms with Crippen LogP contribution < -0.4 is 0 Å². The summed E-state index contributed by atoms with van der Waals surface area (Å²) in [6, 6.07) is 15.9. The first-order valence-corrected chi connectivity index (χ1v) is 10.8. The van der Waals surface area contributed by atoms with Gasteiger partial charge < -0.3 is 14.1 Å². The smallest absolute Gasteiger partial charge is 0.255 e. The number of hydrogen-bond donors (Lipinski definition) is 0. The standard InChI is InChI=1S/C25H26N2O3/c1-17-10-12-18(13-11-17)23-16-26-24(30-23)19-6-2-3-7-20(19)25(28)27-14-15-29-22-9-5-4-8-21(22)27/h2-3,6-7,10-13,16,21-22H,4-5,8-9,14-15H2,1H3. The fourth-order valence-corrected chi connectivity index (χ4v) is 4.61. The van der Waals surface area contributed by atoms with Crippen molar-refractivity contribution < 1.29 is 13.9 Å². The second-order valence-electron chi connectivity index (χ2n) is 8.20. The number of carbonyl (C=O) groups excluding carboxylic acids is 1. The van der Waals surface area contributed by atoms with Gasteiger partial charge in [-0.05, 0) is 31.9 Å². The third-order valence-electron chi connectivity index (χ3n) is 6.22. The van der Waals surface area contributed by atoms with Gasteiger partial charge >= 0.3 is 0 Å². The summed E-state index contributed by atoms with van der Waals surface area (Å²) in [7, 11) is 0. The summed E-state index contributed by atoms with van der Waals surface area (Å²) < 4.78 is 12.0. The average molecular weight is 402 g/mol. The van der Waals surface area contributed by atoms with E-state index in [9.17, 15) is 4.79 Å². The van der Waals surface area contributed by atoms with Crippen molar-refractivity contribution in [2.24, 2.45) is 0 Å². The summed E-state index contributed by atoms with van der Waals surface area (Å²) in [5, 5.41) is 0. The van der Waals surface area contributed by atoms with Gasteiger partial charge in [-0.2, -0.15) is 0 Å². The molecular formula is C25H26N2O3. The van der Waals surface area contributed by atoms with E-state index >= 15 is 0 Å². The molecule has 2 fully saturated rings. The SMILES string of the molecule is Cc1ccc(-c2cnc(-c3ccccc3C(=O)N3CCOC4CCCCC43)o2)cc1. The summed E-state index contributed by atoms with van der Waals surface area (Å²) >= 11 is 0. The Morgan fingerprint density at radius 2 is 1.87 bits per heavy atom. The maximum Gasteiger partial charge on any atom is 0.255 e. The van der Waals surface area contributed by atoms with E-state index in [1.807, 2.05) is 53.4 Å².